The van der Waals surface area contributed by atoms with Crippen molar-refractivity contribution in [3.63, 3.8) is 0 Å². The normalized spacial score (nSPS) is 46.0. The molecule has 6 heteroatoms. The Balaban J connectivity index is 2.17. The topological polar surface area (TPSA) is 96.4 Å². The maximum atomic E-state index is 12.7. The van der Waals surface area contributed by atoms with Gasteiger partial charge in [-0.05, 0) is 32.6 Å². The Hall–Kier alpha value is -0.980. The van der Waals surface area contributed by atoms with Crippen LogP contribution in [-0.2, 0) is 19.1 Å². The first kappa shape index (κ1) is 19.8. The standard InChI is InChI=1S/C20H34O6/c1-12-7-6-8-20(5)17(26-20)9-13(2)25-18(24)11-16(23)19(3,4)15(22)10-14(12)21/h12-14,16-17,21,23H,6-11H2,1-5H3/t12-,13+,14?,16-,17?,20+/m0/s1/i10T/t10-,12+,13-,14?,16+,17?,20-/m1. The van der Waals surface area contributed by atoms with Gasteiger partial charge in [0, 0.05) is 19.6 Å². The van der Waals surface area contributed by atoms with Gasteiger partial charge < -0.3 is 19.7 Å². The number of Topliss-reactive ketones (excluding diaryl/α,β-unsaturated/α-hetero) is 1. The lowest BCUT2D eigenvalue weighted by Gasteiger charge is -2.30. The molecule has 7 atom stereocenters. The molecular weight excluding hydrogens is 336 g/mol. The molecule has 0 aromatic carbocycles. The Morgan fingerprint density at radius 1 is 1.19 bits per heavy atom. The molecule has 0 aliphatic carbocycles. The van der Waals surface area contributed by atoms with Crippen LogP contribution in [0.25, 0.3) is 0 Å². The number of carbonyl (C=O) groups excluding carboxylic acids is 2. The van der Waals surface area contributed by atoms with Crippen molar-refractivity contribution in [2.24, 2.45) is 11.3 Å². The smallest absolute Gasteiger partial charge is 0.308 e. The van der Waals surface area contributed by atoms with Gasteiger partial charge in [-0.1, -0.05) is 27.2 Å². The zero-order valence-electron chi connectivity index (χ0n) is 17.5. The van der Waals surface area contributed by atoms with E-state index < -0.39 is 35.8 Å². The number of ether oxygens (including phenoxy) is 2. The van der Waals surface area contributed by atoms with Crippen LogP contribution in [0.5, 0.6) is 0 Å². The molecule has 2 aliphatic rings. The summed E-state index contributed by atoms with van der Waals surface area (Å²) in [7, 11) is 0. The molecule has 2 aliphatic heterocycles. The number of epoxide rings is 1. The maximum absolute atomic E-state index is 12.7. The number of cyclic esters (lactones) is 1. The van der Waals surface area contributed by atoms with E-state index in [1.54, 1.807) is 6.92 Å². The summed E-state index contributed by atoms with van der Waals surface area (Å²) in [5, 5.41) is 20.9. The molecule has 2 N–H and O–H groups in total. The monoisotopic (exact) mass is 372 g/mol. The van der Waals surface area contributed by atoms with Gasteiger partial charge in [0.25, 0.3) is 0 Å². The van der Waals surface area contributed by atoms with Crippen molar-refractivity contribution >= 4 is 11.8 Å². The minimum atomic E-state index is -1.37. The van der Waals surface area contributed by atoms with Gasteiger partial charge in [-0.25, -0.2) is 0 Å². The first-order chi connectivity index (χ1) is 12.4. The molecule has 150 valence electrons. The quantitative estimate of drug-likeness (QED) is 0.501. The molecule has 2 fully saturated rings. The van der Waals surface area contributed by atoms with Crippen LogP contribution < -0.4 is 0 Å². The number of carbonyl (C=O) groups is 2. The lowest BCUT2D eigenvalue weighted by molar-refractivity contribution is -0.154. The van der Waals surface area contributed by atoms with E-state index in [1.807, 2.05) is 13.8 Å². The van der Waals surface area contributed by atoms with Crippen LogP contribution in [0.2, 0.25) is 0 Å². The van der Waals surface area contributed by atoms with E-state index in [0.29, 0.717) is 12.8 Å². The summed E-state index contributed by atoms with van der Waals surface area (Å²) >= 11 is 0. The first-order valence-corrected chi connectivity index (χ1v) is 9.58. The highest BCUT2D eigenvalue weighted by atomic mass is 16.6. The van der Waals surface area contributed by atoms with Gasteiger partial charge in [-0.2, -0.15) is 0 Å². The Labute approximate surface area is 157 Å². The van der Waals surface area contributed by atoms with Crippen LogP contribution in [0.4, 0.5) is 0 Å². The van der Waals surface area contributed by atoms with E-state index in [2.05, 4.69) is 0 Å². The van der Waals surface area contributed by atoms with Crippen molar-refractivity contribution in [2.45, 2.75) is 103 Å². The predicted molar refractivity (Wildman–Crippen MR) is 96.5 cm³/mol. The third-order valence-electron chi connectivity index (χ3n) is 5.98. The highest BCUT2D eigenvalue weighted by Gasteiger charge is 2.52. The van der Waals surface area contributed by atoms with Gasteiger partial charge in [0.2, 0.25) is 0 Å². The molecule has 0 bridgehead atoms. The van der Waals surface area contributed by atoms with Gasteiger partial charge in [-0.3, -0.25) is 9.59 Å². The van der Waals surface area contributed by atoms with E-state index >= 15 is 0 Å². The van der Waals surface area contributed by atoms with Crippen LogP contribution in [0.3, 0.4) is 0 Å². The van der Waals surface area contributed by atoms with Crippen molar-refractivity contribution in [1.82, 2.24) is 0 Å². The fourth-order valence-corrected chi connectivity index (χ4v) is 3.49. The minimum Gasteiger partial charge on any atom is -0.462 e. The van der Waals surface area contributed by atoms with Crippen LogP contribution >= 0.6 is 0 Å². The molecule has 2 saturated heterocycles. The average Bonchev–Trinajstić information content (AvgIpc) is 3.20. The number of esters is 1. The molecule has 0 amide bonds. The van der Waals surface area contributed by atoms with Crippen molar-refractivity contribution < 1.29 is 30.6 Å². The SMILES string of the molecule is [3H][C@H]1C(=O)C(C)(C)[C@@H](O)CC(=O)O[C@H](C)CC2O[C@]2(C)CCC[C@H](C)C1O. The third kappa shape index (κ3) is 5.05. The van der Waals surface area contributed by atoms with E-state index in [1.165, 1.54) is 13.8 Å². The minimum absolute atomic E-state index is 0.0281. The molecule has 26 heavy (non-hydrogen) atoms. The maximum Gasteiger partial charge on any atom is 0.308 e. The van der Waals surface area contributed by atoms with Crippen molar-refractivity contribution in [3.05, 3.63) is 0 Å². The molecule has 0 spiro atoms. The van der Waals surface area contributed by atoms with Crippen LogP contribution in [0.15, 0.2) is 0 Å². The Kier molecular flexibility index (Phi) is 6.04. The lowest BCUT2D eigenvalue weighted by Crippen LogP contribution is -2.41. The summed E-state index contributed by atoms with van der Waals surface area (Å²) in [6, 6.07) is 0. The molecule has 0 saturated carbocycles. The molecule has 0 aromatic rings. The molecule has 2 rings (SSSR count). The highest BCUT2D eigenvalue weighted by molar-refractivity contribution is 5.86. The second-order valence-electron chi connectivity index (χ2n) is 8.79. The van der Waals surface area contributed by atoms with Gasteiger partial charge in [0.1, 0.15) is 11.9 Å². The first-order valence-electron chi connectivity index (χ1n) is 10.2. The zero-order chi connectivity index (χ0) is 20.6. The third-order valence-corrected chi connectivity index (χ3v) is 5.98. The summed E-state index contributed by atoms with van der Waals surface area (Å²) in [4.78, 5) is 24.9. The summed E-state index contributed by atoms with van der Waals surface area (Å²) in [5.74, 6) is -1.37. The second-order valence-corrected chi connectivity index (χ2v) is 8.79. The largest absolute Gasteiger partial charge is 0.462 e. The molecule has 6 nitrogen and oxygen atoms in total. The van der Waals surface area contributed by atoms with Crippen molar-refractivity contribution in [2.75, 3.05) is 0 Å². The highest BCUT2D eigenvalue weighted by Crippen LogP contribution is 2.44. The number of hydrogen-bond acceptors (Lipinski definition) is 6. The number of rotatable bonds is 0. The second kappa shape index (κ2) is 7.95. The van der Waals surface area contributed by atoms with Crippen LogP contribution in [0, 0.1) is 11.3 Å². The van der Waals surface area contributed by atoms with Gasteiger partial charge in [-0.15, -0.1) is 0 Å². The van der Waals surface area contributed by atoms with Gasteiger partial charge >= 0.3 is 5.97 Å². The lowest BCUT2D eigenvalue weighted by atomic mass is 9.77. The number of fused-ring (bicyclic) bond motifs is 1. The fraction of sp³-hybridized carbons (Fsp3) is 0.900. The van der Waals surface area contributed by atoms with Gasteiger partial charge in [0.05, 0.1) is 30.3 Å². The Morgan fingerprint density at radius 2 is 1.85 bits per heavy atom. The van der Waals surface area contributed by atoms with Crippen LogP contribution in [-0.4, -0.2) is 52.0 Å². The van der Waals surface area contributed by atoms with Crippen LogP contribution in [0.1, 0.15) is 74.5 Å². The molecule has 2 unspecified atom stereocenters. The van der Waals surface area contributed by atoms with E-state index in [-0.39, 0.29) is 30.1 Å². The molecule has 0 radical (unpaired) electrons. The molecule has 0 aromatic heterocycles. The number of hydrogen-bond donors (Lipinski definition) is 2. The van der Waals surface area contributed by atoms with Crippen molar-refractivity contribution in [1.29, 1.82) is 0 Å². The summed E-state index contributed by atoms with van der Waals surface area (Å²) < 4.78 is 19.4. The summed E-state index contributed by atoms with van der Waals surface area (Å²) in [6.45, 7) is 8.66. The van der Waals surface area contributed by atoms with Gasteiger partial charge in [0.15, 0.2) is 0 Å². The fourth-order valence-electron chi connectivity index (χ4n) is 3.49. The van der Waals surface area contributed by atoms with E-state index in [4.69, 9.17) is 10.8 Å². The predicted octanol–water partition coefficient (Wildman–Crippen LogP) is 2.38. The average molecular weight is 372 g/mol. The Bertz CT molecular complexity index is 565. The number of aliphatic hydroxyl groups is 2. The summed E-state index contributed by atoms with van der Waals surface area (Å²) in [5.41, 5.74) is -1.58. The van der Waals surface area contributed by atoms with E-state index in [9.17, 15) is 19.8 Å². The van der Waals surface area contributed by atoms with Crippen molar-refractivity contribution in [3.8, 4) is 0 Å². The number of aliphatic hydroxyl groups excluding tert-OH is 2. The molecule has 2 heterocycles. The molecular formula is C20H34O6. The summed E-state index contributed by atoms with van der Waals surface area (Å²) in [6.07, 6.45) is -1.51. The zero-order valence-corrected chi connectivity index (χ0v) is 16.5. The Morgan fingerprint density at radius 3 is 2.50 bits per heavy atom. The van der Waals surface area contributed by atoms with E-state index in [0.717, 1.165) is 12.8 Å². The number of ketones is 1.